The maximum atomic E-state index is 14.0. The van der Waals surface area contributed by atoms with E-state index in [1.165, 1.54) is 25.1 Å². The molecule has 0 aliphatic rings. The highest BCUT2D eigenvalue weighted by atomic mass is 35.5. The third-order valence-electron chi connectivity index (χ3n) is 3.75. The van der Waals surface area contributed by atoms with Crippen molar-refractivity contribution in [1.82, 2.24) is 4.98 Å². The van der Waals surface area contributed by atoms with Crippen molar-refractivity contribution in [2.24, 2.45) is 0 Å². The van der Waals surface area contributed by atoms with E-state index in [4.69, 9.17) is 11.6 Å². The minimum atomic E-state index is -0.609. The van der Waals surface area contributed by atoms with Crippen molar-refractivity contribution in [2.75, 3.05) is 10.6 Å². The number of nitrogens with zero attached hydrogens (tertiary/aromatic N) is 1. The Morgan fingerprint density at radius 3 is 2.58 bits per heavy atom. The molecule has 0 fully saturated rings. The lowest BCUT2D eigenvalue weighted by Crippen LogP contribution is -2.15. The fourth-order valence-electron chi connectivity index (χ4n) is 2.57. The second-order valence-corrected chi connectivity index (χ2v) is 6.22. The number of pyridine rings is 1. The molecule has 0 saturated carbocycles. The van der Waals surface area contributed by atoms with Crippen molar-refractivity contribution in [1.29, 1.82) is 0 Å². The topological polar surface area (TPSA) is 71.1 Å². The van der Waals surface area contributed by atoms with E-state index in [2.05, 4.69) is 15.6 Å². The summed E-state index contributed by atoms with van der Waals surface area (Å²) in [6.07, 6.45) is 0. The number of aromatic nitrogens is 1. The lowest BCUT2D eigenvalue weighted by Gasteiger charge is -2.11. The first-order valence-corrected chi connectivity index (χ1v) is 8.16. The van der Waals surface area contributed by atoms with Crippen LogP contribution in [-0.4, -0.2) is 16.8 Å². The molecule has 26 heavy (non-hydrogen) atoms. The van der Waals surface area contributed by atoms with Gasteiger partial charge in [0.2, 0.25) is 5.91 Å². The minimum Gasteiger partial charge on any atom is -0.326 e. The molecule has 0 unspecified atom stereocenters. The Bertz CT molecular complexity index is 1040. The molecule has 0 spiro atoms. The smallest absolute Gasteiger partial charge is 0.257 e. The molecular weight excluding hydrogens is 357 g/mol. The minimum absolute atomic E-state index is 0.0353. The zero-order valence-electron chi connectivity index (χ0n) is 14.1. The van der Waals surface area contributed by atoms with Crippen LogP contribution in [-0.2, 0) is 4.79 Å². The first kappa shape index (κ1) is 17.8. The molecule has 2 amide bonds. The van der Waals surface area contributed by atoms with Gasteiger partial charge in [-0.25, -0.2) is 4.39 Å². The number of aryl methyl sites for hydroxylation is 1. The van der Waals surface area contributed by atoms with Crippen LogP contribution in [0.3, 0.4) is 0 Å². The highest BCUT2D eigenvalue weighted by Gasteiger charge is 2.15. The van der Waals surface area contributed by atoms with Crippen LogP contribution in [0.15, 0.2) is 42.5 Å². The molecule has 132 valence electrons. The number of hydrogen-bond acceptors (Lipinski definition) is 3. The summed E-state index contributed by atoms with van der Waals surface area (Å²) in [5, 5.41) is 6.31. The Morgan fingerprint density at radius 1 is 1.08 bits per heavy atom. The molecule has 3 rings (SSSR count). The molecule has 0 atom stereocenters. The number of carbonyl (C=O) groups is 2. The summed E-state index contributed by atoms with van der Waals surface area (Å²) in [7, 11) is 0. The Hall–Kier alpha value is -2.99. The van der Waals surface area contributed by atoms with Crippen molar-refractivity contribution in [3.05, 3.63) is 64.6 Å². The standard InChI is InChI=1S/C19H15ClFN3O2/c1-10-15(8-12-7-13(20)3-6-17(12)22-10)19(26)24-18-9-14(23-11(2)25)4-5-16(18)21/h3-9H,1-2H3,(H,23,25)(H,24,26). The number of amides is 2. The molecule has 2 N–H and O–H groups in total. The van der Waals surface area contributed by atoms with Crippen molar-refractivity contribution in [2.45, 2.75) is 13.8 Å². The molecule has 0 aliphatic heterocycles. The van der Waals surface area contributed by atoms with Gasteiger partial charge >= 0.3 is 0 Å². The lowest BCUT2D eigenvalue weighted by molar-refractivity contribution is -0.114. The maximum Gasteiger partial charge on any atom is 0.257 e. The number of benzene rings is 2. The Morgan fingerprint density at radius 2 is 1.85 bits per heavy atom. The zero-order valence-corrected chi connectivity index (χ0v) is 14.8. The number of carbonyl (C=O) groups excluding carboxylic acids is 2. The lowest BCUT2D eigenvalue weighted by atomic mass is 10.1. The normalized spacial score (nSPS) is 10.6. The highest BCUT2D eigenvalue weighted by Crippen LogP contribution is 2.23. The summed E-state index contributed by atoms with van der Waals surface area (Å²) in [4.78, 5) is 28.1. The summed E-state index contributed by atoms with van der Waals surface area (Å²) in [5.74, 6) is -1.40. The van der Waals surface area contributed by atoms with Crippen molar-refractivity contribution in [3.63, 3.8) is 0 Å². The number of fused-ring (bicyclic) bond motifs is 1. The molecule has 0 bridgehead atoms. The summed E-state index contributed by atoms with van der Waals surface area (Å²) < 4.78 is 14.0. The van der Waals surface area contributed by atoms with Gasteiger partial charge in [0.25, 0.3) is 5.91 Å². The van der Waals surface area contributed by atoms with E-state index in [9.17, 15) is 14.0 Å². The molecule has 0 aliphatic carbocycles. The van der Waals surface area contributed by atoms with Crippen LogP contribution in [0.25, 0.3) is 10.9 Å². The van der Waals surface area contributed by atoms with E-state index in [1.807, 2.05) is 0 Å². The van der Waals surface area contributed by atoms with Gasteiger partial charge in [0, 0.05) is 23.0 Å². The molecule has 2 aromatic carbocycles. The second-order valence-electron chi connectivity index (χ2n) is 5.79. The predicted molar refractivity (Wildman–Crippen MR) is 100 cm³/mol. The average molecular weight is 372 g/mol. The first-order chi connectivity index (χ1) is 12.3. The SMILES string of the molecule is CC(=O)Nc1ccc(F)c(NC(=O)c2cc3cc(Cl)ccc3nc2C)c1. The van der Waals surface area contributed by atoms with Crippen LogP contribution in [0.1, 0.15) is 23.0 Å². The third kappa shape index (κ3) is 3.81. The second kappa shape index (κ2) is 7.09. The van der Waals surface area contributed by atoms with Crippen LogP contribution in [0, 0.1) is 12.7 Å². The summed E-state index contributed by atoms with van der Waals surface area (Å²) in [5.41, 5.74) is 1.88. The van der Waals surface area contributed by atoms with E-state index >= 15 is 0 Å². The number of nitrogens with one attached hydrogen (secondary N) is 2. The van der Waals surface area contributed by atoms with Crippen LogP contribution < -0.4 is 10.6 Å². The third-order valence-corrected chi connectivity index (χ3v) is 3.98. The van der Waals surface area contributed by atoms with Crippen LogP contribution >= 0.6 is 11.6 Å². The number of rotatable bonds is 3. The molecule has 0 radical (unpaired) electrons. The fourth-order valence-corrected chi connectivity index (χ4v) is 2.75. The zero-order chi connectivity index (χ0) is 18.8. The van der Waals surface area contributed by atoms with Gasteiger partial charge in [0.05, 0.1) is 22.5 Å². The highest BCUT2D eigenvalue weighted by molar-refractivity contribution is 6.31. The van der Waals surface area contributed by atoms with Crippen molar-refractivity contribution < 1.29 is 14.0 Å². The molecule has 5 nitrogen and oxygen atoms in total. The molecular formula is C19H15ClFN3O2. The molecule has 3 aromatic rings. The van der Waals surface area contributed by atoms with Gasteiger partial charge in [-0.1, -0.05) is 11.6 Å². The molecule has 7 heteroatoms. The van der Waals surface area contributed by atoms with E-state index < -0.39 is 11.7 Å². The van der Waals surface area contributed by atoms with E-state index in [0.29, 0.717) is 32.9 Å². The number of anilines is 2. The number of halogens is 2. The van der Waals surface area contributed by atoms with Crippen LogP contribution in [0.4, 0.5) is 15.8 Å². The van der Waals surface area contributed by atoms with Crippen molar-refractivity contribution >= 4 is 45.7 Å². The van der Waals surface area contributed by atoms with E-state index in [1.54, 1.807) is 31.2 Å². The number of hydrogen-bond donors (Lipinski definition) is 2. The quantitative estimate of drug-likeness (QED) is 0.709. The monoisotopic (exact) mass is 371 g/mol. The Labute approximate surface area is 154 Å². The Balaban J connectivity index is 1.94. The summed E-state index contributed by atoms with van der Waals surface area (Å²) in [6.45, 7) is 3.05. The molecule has 0 saturated heterocycles. The van der Waals surface area contributed by atoms with Crippen molar-refractivity contribution in [3.8, 4) is 0 Å². The Kier molecular flexibility index (Phi) is 4.86. The molecule has 1 aromatic heterocycles. The van der Waals surface area contributed by atoms with E-state index in [-0.39, 0.29) is 11.6 Å². The predicted octanol–water partition coefficient (Wildman–Crippen LogP) is 4.55. The van der Waals surface area contributed by atoms with Gasteiger partial charge in [-0.05, 0) is 49.4 Å². The summed E-state index contributed by atoms with van der Waals surface area (Å²) >= 11 is 5.99. The van der Waals surface area contributed by atoms with Gasteiger partial charge < -0.3 is 10.6 Å². The van der Waals surface area contributed by atoms with Gasteiger partial charge in [-0.15, -0.1) is 0 Å². The largest absolute Gasteiger partial charge is 0.326 e. The average Bonchev–Trinajstić information content (AvgIpc) is 2.57. The maximum absolute atomic E-state index is 14.0. The van der Waals surface area contributed by atoms with Gasteiger partial charge in [-0.2, -0.15) is 0 Å². The van der Waals surface area contributed by atoms with Crippen LogP contribution in [0.2, 0.25) is 5.02 Å². The van der Waals surface area contributed by atoms with Gasteiger partial charge in [-0.3, -0.25) is 14.6 Å². The summed E-state index contributed by atoms with van der Waals surface area (Å²) in [6, 6.07) is 10.8. The molecule has 1 heterocycles. The van der Waals surface area contributed by atoms with Gasteiger partial charge in [0.15, 0.2) is 0 Å². The van der Waals surface area contributed by atoms with Crippen LogP contribution in [0.5, 0.6) is 0 Å². The first-order valence-electron chi connectivity index (χ1n) is 7.79. The fraction of sp³-hybridized carbons (Fsp3) is 0.105. The van der Waals surface area contributed by atoms with Gasteiger partial charge in [0.1, 0.15) is 5.82 Å². The van der Waals surface area contributed by atoms with E-state index in [0.717, 1.165) is 0 Å².